The van der Waals surface area contributed by atoms with Gasteiger partial charge in [-0.15, -0.1) is 0 Å². The van der Waals surface area contributed by atoms with Gasteiger partial charge in [0.2, 0.25) is 0 Å². The van der Waals surface area contributed by atoms with Crippen LogP contribution >= 0.6 is 11.6 Å². The summed E-state index contributed by atoms with van der Waals surface area (Å²) in [7, 11) is 2.10. The SMILES string of the molecule is Cc1nc(Cl)c(NCCN(C)C(C)C)nc1C. The predicted octanol–water partition coefficient (Wildman–Crippen LogP) is 2.50. The fourth-order valence-corrected chi connectivity index (χ4v) is 1.53. The number of aryl methyl sites for hydroxylation is 2. The van der Waals surface area contributed by atoms with Crippen LogP contribution in [-0.4, -0.2) is 41.0 Å². The maximum atomic E-state index is 6.03. The van der Waals surface area contributed by atoms with Crippen molar-refractivity contribution in [3.05, 3.63) is 16.5 Å². The minimum Gasteiger partial charge on any atom is -0.366 e. The van der Waals surface area contributed by atoms with Gasteiger partial charge in [0.05, 0.1) is 11.4 Å². The van der Waals surface area contributed by atoms with Crippen LogP contribution in [0.5, 0.6) is 0 Å². The Morgan fingerprint density at radius 2 is 1.82 bits per heavy atom. The number of nitrogens with zero attached hydrogens (tertiary/aromatic N) is 3. The second kappa shape index (κ2) is 6.17. The molecule has 0 aromatic carbocycles. The van der Waals surface area contributed by atoms with Gasteiger partial charge >= 0.3 is 0 Å². The third-order valence-corrected chi connectivity index (χ3v) is 3.17. The molecule has 0 fully saturated rings. The second-order valence-electron chi connectivity index (χ2n) is 4.53. The number of aromatic nitrogens is 2. The van der Waals surface area contributed by atoms with E-state index in [1.54, 1.807) is 0 Å². The van der Waals surface area contributed by atoms with E-state index >= 15 is 0 Å². The summed E-state index contributed by atoms with van der Waals surface area (Å²) in [4.78, 5) is 10.9. The van der Waals surface area contributed by atoms with E-state index in [1.165, 1.54) is 0 Å². The van der Waals surface area contributed by atoms with Crippen molar-refractivity contribution in [3.63, 3.8) is 0 Å². The molecule has 0 amide bonds. The number of hydrogen-bond acceptors (Lipinski definition) is 4. The van der Waals surface area contributed by atoms with Gasteiger partial charge in [0.1, 0.15) is 0 Å². The molecular formula is C12H21ClN4. The van der Waals surface area contributed by atoms with Crippen LogP contribution < -0.4 is 5.32 Å². The molecule has 0 aliphatic rings. The molecule has 1 N–H and O–H groups in total. The van der Waals surface area contributed by atoms with E-state index in [4.69, 9.17) is 11.6 Å². The molecule has 1 heterocycles. The lowest BCUT2D eigenvalue weighted by Crippen LogP contribution is -2.31. The molecule has 1 rings (SSSR count). The van der Waals surface area contributed by atoms with E-state index in [0.717, 1.165) is 24.5 Å². The zero-order valence-electron chi connectivity index (χ0n) is 11.2. The topological polar surface area (TPSA) is 41.1 Å². The average molecular weight is 257 g/mol. The van der Waals surface area contributed by atoms with Crippen LogP contribution in [0.1, 0.15) is 25.2 Å². The third kappa shape index (κ3) is 4.13. The largest absolute Gasteiger partial charge is 0.366 e. The molecule has 17 heavy (non-hydrogen) atoms. The quantitative estimate of drug-likeness (QED) is 0.879. The van der Waals surface area contributed by atoms with E-state index in [9.17, 15) is 0 Å². The van der Waals surface area contributed by atoms with Gasteiger partial charge in [-0.3, -0.25) is 0 Å². The van der Waals surface area contributed by atoms with Crippen LogP contribution in [-0.2, 0) is 0 Å². The molecule has 0 spiro atoms. The molecule has 4 nitrogen and oxygen atoms in total. The van der Waals surface area contributed by atoms with Gasteiger partial charge in [-0.1, -0.05) is 11.6 Å². The highest BCUT2D eigenvalue weighted by Crippen LogP contribution is 2.17. The van der Waals surface area contributed by atoms with E-state index in [0.29, 0.717) is 17.0 Å². The monoisotopic (exact) mass is 256 g/mol. The Kier molecular flexibility index (Phi) is 5.15. The maximum absolute atomic E-state index is 6.03. The van der Waals surface area contributed by atoms with Crippen molar-refractivity contribution >= 4 is 17.4 Å². The summed E-state index contributed by atoms with van der Waals surface area (Å²) >= 11 is 6.03. The van der Waals surface area contributed by atoms with Gasteiger partial charge in [0.15, 0.2) is 11.0 Å². The van der Waals surface area contributed by atoms with Crippen LogP contribution in [0.2, 0.25) is 5.15 Å². The average Bonchev–Trinajstić information content (AvgIpc) is 2.25. The molecule has 0 saturated carbocycles. The van der Waals surface area contributed by atoms with Crippen molar-refractivity contribution in [1.82, 2.24) is 14.9 Å². The fraction of sp³-hybridized carbons (Fsp3) is 0.667. The first-order valence-corrected chi connectivity index (χ1v) is 6.24. The van der Waals surface area contributed by atoms with Crippen molar-refractivity contribution in [2.24, 2.45) is 0 Å². The summed E-state index contributed by atoms with van der Waals surface area (Å²) in [5, 5.41) is 3.66. The van der Waals surface area contributed by atoms with Gasteiger partial charge in [0.25, 0.3) is 0 Å². The zero-order valence-corrected chi connectivity index (χ0v) is 12.0. The Morgan fingerprint density at radius 3 is 2.41 bits per heavy atom. The summed E-state index contributed by atoms with van der Waals surface area (Å²) in [6.07, 6.45) is 0. The number of halogens is 1. The molecule has 0 saturated heterocycles. The molecule has 0 bridgehead atoms. The summed E-state index contributed by atoms with van der Waals surface area (Å²) in [5.41, 5.74) is 1.79. The summed E-state index contributed by atoms with van der Waals surface area (Å²) in [6, 6.07) is 0.540. The van der Waals surface area contributed by atoms with Crippen LogP contribution in [0.25, 0.3) is 0 Å². The van der Waals surface area contributed by atoms with E-state index < -0.39 is 0 Å². The Bertz CT molecular complexity index is 379. The normalized spacial score (nSPS) is 11.3. The van der Waals surface area contributed by atoms with Crippen LogP contribution in [0.15, 0.2) is 0 Å². The molecule has 0 radical (unpaired) electrons. The van der Waals surface area contributed by atoms with Gasteiger partial charge < -0.3 is 10.2 Å². The minimum absolute atomic E-state index is 0.445. The van der Waals surface area contributed by atoms with Crippen molar-refractivity contribution in [1.29, 1.82) is 0 Å². The number of rotatable bonds is 5. The predicted molar refractivity (Wildman–Crippen MR) is 72.8 cm³/mol. The Hall–Kier alpha value is -0.870. The highest BCUT2D eigenvalue weighted by Gasteiger charge is 2.07. The molecule has 0 unspecified atom stereocenters. The first kappa shape index (κ1) is 14.2. The highest BCUT2D eigenvalue weighted by molar-refractivity contribution is 6.31. The smallest absolute Gasteiger partial charge is 0.171 e. The van der Waals surface area contributed by atoms with Crippen LogP contribution in [0.3, 0.4) is 0 Å². The third-order valence-electron chi connectivity index (χ3n) is 2.90. The van der Waals surface area contributed by atoms with Gasteiger partial charge in [0, 0.05) is 19.1 Å². The maximum Gasteiger partial charge on any atom is 0.171 e. The van der Waals surface area contributed by atoms with Crippen molar-refractivity contribution in [2.45, 2.75) is 33.7 Å². The van der Waals surface area contributed by atoms with Crippen molar-refractivity contribution in [2.75, 3.05) is 25.5 Å². The Balaban J connectivity index is 2.55. The van der Waals surface area contributed by atoms with Crippen LogP contribution in [0, 0.1) is 13.8 Å². The standard InChI is InChI=1S/C12H21ClN4/c1-8(2)17(5)7-6-14-12-11(13)15-9(3)10(4)16-12/h8H,6-7H2,1-5H3,(H,14,16). The van der Waals surface area contributed by atoms with Crippen molar-refractivity contribution in [3.8, 4) is 0 Å². The Morgan fingerprint density at radius 1 is 1.24 bits per heavy atom. The lowest BCUT2D eigenvalue weighted by molar-refractivity contribution is 0.284. The first-order valence-electron chi connectivity index (χ1n) is 5.86. The number of nitrogens with one attached hydrogen (secondary N) is 1. The summed E-state index contributed by atoms with van der Waals surface area (Å²) < 4.78 is 0. The van der Waals surface area contributed by atoms with Crippen LogP contribution in [0.4, 0.5) is 5.82 Å². The lowest BCUT2D eigenvalue weighted by atomic mass is 10.3. The van der Waals surface area contributed by atoms with E-state index in [1.807, 2.05) is 13.8 Å². The van der Waals surface area contributed by atoms with Gasteiger partial charge in [-0.2, -0.15) is 0 Å². The van der Waals surface area contributed by atoms with E-state index in [-0.39, 0.29) is 0 Å². The molecule has 0 atom stereocenters. The summed E-state index contributed by atoms with van der Waals surface area (Å²) in [6.45, 7) is 9.94. The van der Waals surface area contributed by atoms with Gasteiger partial charge in [-0.25, -0.2) is 9.97 Å². The van der Waals surface area contributed by atoms with Crippen molar-refractivity contribution < 1.29 is 0 Å². The molecule has 96 valence electrons. The fourth-order valence-electron chi connectivity index (χ4n) is 1.30. The minimum atomic E-state index is 0.445. The van der Waals surface area contributed by atoms with E-state index in [2.05, 4.69) is 41.1 Å². The number of anilines is 1. The number of hydrogen-bond donors (Lipinski definition) is 1. The first-order chi connectivity index (χ1) is 7.91. The molecule has 1 aromatic rings. The number of likely N-dealkylation sites (N-methyl/N-ethyl adjacent to an activating group) is 1. The molecule has 1 aromatic heterocycles. The lowest BCUT2D eigenvalue weighted by Gasteiger charge is -2.21. The summed E-state index contributed by atoms with van der Waals surface area (Å²) in [5.74, 6) is 0.673. The molecule has 0 aliphatic heterocycles. The molecule has 5 heteroatoms. The highest BCUT2D eigenvalue weighted by atomic mass is 35.5. The van der Waals surface area contributed by atoms with Gasteiger partial charge in [-0.05, 0) is 34.7 Å². The zero-order chi connectivity index (χ0) is 13.0. The Labute approximate surface area is 108 Å². The molecular weight excluding hydrogens is 236 g/mol. The molecule has 0 aliphatic carbocycles. The second-order valence-corrected chi connectivity index (χ2v) is 4.89.